The van der Waals surface area contributed by atoms with Gasteiger partial charge in [0.25, 0.3) is 11.9 Å². The fraction of sp³-hybridized carbons (Fsp3) is 0.545. The van der Waals surface area contributed by atoms with Crippen LogP contribution in [0, 0.1) is 6.92 Å². The predicted molar refractivity (Wildman–Crippen MR) is 71.9 cm³/mol. The average molecular weight is 332 g/mol. The molecule has 0 aromatic carbocycles. The largest absolute Gasteiger partial charge is 0.451 e. The first-order valence-corrected chi connectivity index (χ1v) is 6.75. The van der Waals surface area contributed by atoms with Gasteiger partial charge in [-0.1, -0.05) is 6.92 Å². The van der Waals surface area contributed by atoms with Gasteiger partial charge < -0.3 is 10.6 Å². The summed E-state index contributed by atoms with van der Waals surface area (Å²) in [6.07, 6.45) is -4.65. The summed E-state index contributed by atoms with van der Waals surface area (Å²) < 4.78 is 38.5. The Morgan fingerprint density at radius 3 is 2.65 bits per heavy atom. The van der Waals surface area contributed by atoms with E-state index in [4.69, 9.17) is 0 Å². The third-order valence-corrected chi connectivity index (χ3v) is 2.74. The molecule has 0 aliphatic carbocycles. The lowest BCUT2D eigenvalue weighted by molar-refractivity contribution is -0.144. The maximum absolute atomic E-state index is 12.5. The van der Waals surface area contributed by atoms with E-state index in [2.05, 4.69) is 30.8 Å². The van der Waals surface area contributed by atoms with Crippen LogP contribution < -0.4 is 10.6 Å². The lowest BCUT2D eigenvalue weighted by Crippen LogP contribution is -2.32. The first kappa shape index (κ1) is 16.9. The molecule has 0 saturated heterocycles. The minimum Gasteiger partial charge on any atom is -0.348 e. The molecule has 0 bridgehead atoms. The van der Waals surface area contributed by atoms with Crippen LogP contribution >= 0.6 is 0 Å². The third-order valence-electron chi connectivity index (χ3n) is 2.74. The van der Waals surface area contributed by atoms with Crippen molar-refractivity contribution in [2.45, 2.75) is 20.0 Å². The minimum atomic E-state index is -4.65. The fourth-order valence-electron chi connectivity index (χ4n) is 1.67. The zero-order valence-corrected chi connectivity index (χ0v) is 12.4. The Bertz CT molecular complexity index is 677. The summed E-state index contributed by atoms with van der Waals surface area (Å²) in [6, 6.07) is 0. The lowest BCUT2D eigenvalue weighted by Gasteiger charge is -2.02. The second kappa shape index (κ2) is 6.73. The van der Waals surface area contributed by atoms with Gasteiger partial charge in [-0.2, -0.15) is 22.8 Å². The van der Waals surface area contributed by atoms with E-state index in [1.54, 1.807) is 5.10 Å². The minimum absolute atomic E-state index is 0.169. The van der Waals surface area contributed by atoms with E-state index >= 15 is 0 Å². The van der Waals surface area contributed by atoms with E-state index in [1.165, 1.54) is 6.92 Å². The van der Waals surface area contributed by atoms with Gasteiger partial charge in [-0.25, -0.2) is 4.98 Å². The molecule has 0 unspecified atom stereocenters. The topological polar surface area (TPSA) is 113 Å². The molecular weight excluding hydrogens is 317 g/mol. The number of alkyl halides is 3. The molecule has 0 atom stereocenters. The third kappa shape index (κ3) is 4.03. The Morgan fingerprint density at radius 1 is 1.30 bits per heavy atom. The highest BCUT2D eigenvalue weighted by Crippen LogP contribution is 2.26. The molecule has 126 valence electrons. The van der Waals surface area contributed by atoms with Crippen molar-refractivity contribution >= 4 is 5.91 Å². The molecule has 0 fully saturated rings. The number of amides is 1. The number of rotatable bonds is 6. The molecule has 23 heavy (non-hydrogen) atoms. The van der Waals surface area contributed by atoms with Crippen LogP contribution in [0.3, 0.4) is 0 Å². The monoisotopic (exact) mass is 332 g/mol. The Balaban J connectivity index is 2.12. The number of nitrogens with one attached hydrogen (secondary N) is 3. The molecule has 0 spiro atoms. The maximum atomic E-state index is 12.5. The van der Waals surface area contributed by atoms with Crippen LogP contribution in [-0.2, 0) is 6.18 Å². The Hall–Kier alpha value is -2.50. The number of aromatic amines is 1. The molecule has 2 rings (SSSR count). The van der Waals surface area contributed by atoms with Crippen molar-refractivity contribution in [2.75, 3.05) is 19.6 Å². The summed E-state index contributed by atoms with van der Waals surface area (Å²) in [4.78, 5) is 19.1. The van der Waals surface area contributed by atoms with E-state index in [9.17, 15) is 18.0 Å². The summed E-state index contributed by atoms with van der Waals surface area (Å²) in [5.41, 5.74) is 0. The van der Waals surface area contributed by atoms with Crippen molar-refractivity contribution in [3.63, 3.8) is 0 Å². The molecule has 0 saturated carbocycles. The number of hydrogen-bond donors (Lipinski definition) is 3. The molecular formula is C11H15F3N8O. The molecule has 1 amide bonds. The van der Waals surface area contributed by atoms with Gasteiger partial charge in [0.05, 0.1) is 0 Å². The number of carbonyl (C=O) groups excluding carboxylic acids is 1. The van der Waals surface area contributed by atoms with Gasteiger partial charge in [0, 0.05) is 13.1 Å². The van der Waals surface area contributed by atoms with Crippen molar-refractivity contribution in [1.82, 2.24) is 40.6 Å². The van der Waals surface area contributed by atoms with Crippen LogP contribution in [0.5, 0.6) is 0 Å². The molecule has 9 nitrogen and oxygen atoms in total. The van der Waals surface area contributed by atoms with Crippen LogP contribution in [0.2, 0.25) is 0 Å². The maximum Gasteiger partial charge on any atom is 0.451 e. The summed E-state index contributed by atoms with van der Waals surface area (Å²) >= 11 is 0. The number of aryl methyl sites for hydroxylation is 1. The smallest absolute Gasteiger partial charge is 0.348 e. The van der Waals surface area contributed by atoms with Crippen LogP contribution in [0.4, 0.5) is 13.2 Å². The van der Waals surface area contributed by atoms with Gasteiger partial charge in [-0.15, -0.1) is 10.2 Å². The van der Waals surface area contributed by atoms with Crippen molar-refractivity contribution in [3.05, 3.63) is 17.5 Å². The Kier molecular flexibility index (Phi) is 4.93. The zero-order valence-electron chi connectivity index (χ0n) is 12.4. The number of halogens is 3. The number of nitrogens with zero attached hydrogens (tertiary/aromatic N) is 5. The molecule has 0 aliphatic rings. The molecule has 0 radical (unpaired) electrons. The van der Waals surface area contributed by atoms with Crippen molar-refractivity contribution in [2.24, 2.45) is 0 Å². The molecule has 2 aromatic rings. The summed E-state index contributed by atoms with van der Waals surface area (Å²) in [7, 11) is 0. The lowest BCUT2D eigenvalue weighted by atomic mass is 10.5. The van der Waals surface area contributed by atoms with Crippen LogP contribution in [0.15, 0.2) is 0 Å². The predicted octanol–water partition coefficient (Wildman–Crippen LogP) is 0.0519. The molecule has 3 N–H and O–H groups in total. The second-order valence-electron chi connectivity index (χ2n) is 4.49. The zero-order chi connectivity index (χ0) is 17.0. The number of hydrogen-bond acceptors (Lipinski definition) is 6. The number of H-pyrrole nitrogens is 1. The standard InChI is InChI=1S/C11H15F3N8O/c1-3-15-4-5-16-8(23)7-17-6(2)22(21-7)10-18-9(19-20-10)11(12,13)14/h15H,3-5H2,1-2H3,(H,16,23)(H,18,19,20). The van der Waals surface area contributed by atoms with E-state index in [1.807, 2.05) is 6.92 Å². The van der Waals surface area contributed by atoms with Gasteiger partial charge in [0.2, 0.25) is 11.6 Å². The van der Waals surface area contributed by atoms with Crippen LogP contribution in [0.1, 0.15) is 29.2 Å². The SMILES string of the molecule is CCNCCNC(=O)c1nc(C)n(-c2n[nH]c(C(F)(F)F)n2)n1. The van der Waals surface area contributed by atoms with E-state index < -0.39 is 17.9 Å². The highest BCUT2D eigenvalue weighted by molar-refractivity contribution is 5.90. The normalized spacial score (nSPS) is 11.7. The molecule has 12 heteroatoms. The Morgan fingerprint density at radius 2 is 2.04 bits per heavy atom. The van der Waals surface area contributed by atoms with Crippen LogP contribution in [-0.4, -0.2) is 55.5 Å². The van der Waals surface area contributed by atoms with Crippen molar-refractivity contribution in [3.8, 4) is 5.95 Å². The number of aromatic nitrogens is 6. The van der Waals surface area contributed by atoms with Crippen molar-refractivity contribution in [1.29, 1.82) is 0 Å². The highest BCUT2D eigenvalue weighted by atomic mass is 19.4. The van der Waals surface area contributed by atoms with Gasteiger partial charge in [-0.05, 0) is 13.5 Å². The molecule has 2 aromatic heterocycles. The average Bonchev–Trinajstić information content (AvgIpc) is 3.09. The Labute approximate surface area is 128 Å². The molecule has 2 heterocycles. The first-order valence-electron chi connectivity index (χ1n) is 6.75. The highest BCUT2D eigenvalue weighted by Gasteiger charge is 2.35. The van der Waals surface area contributed by atoms with Gasteiger partial charge in [0.15, 0.2) is 0 Å². The summed E-state index contributed by atoms with van der Waals surface area (Å²) in [6.45, 7) is 5.14. The van der Waals surface area contributed by atoms with Crippen molar-refractivity contribution < 1.29 is 18.0 Å². The quantitative estimate of drug-likeness (QED) is 0.644. The van der Waals surface area contributed by atoms with E-state index in [0.717, 1.165) is 11.2 Å². The number of likely N-dealkylation sites (N-methyl/N-ethyl adjacent to an activating group) is 1. The van der Waals surface area contributed by atoms with E-state index in [0.29, 0.717) is 13.1 Å². The second-order valence-corrected chi connectivity index (χ2v) is 4.49. The van der Waals surface area contributed by atoms with Crippen LogP contribution in [0.25, 0.3) is 5.95 Å². The number of carbonyl (C=O) groups is 1. The molecule has 0 aliphatic heterocycles. The first-order chi connectivity index (χ1) is 10.8. The van der Waals surface area contributed by atoms with Gasteiger partial charge >= 0.3 is 6.18 Å². The summed E-state index contributed by atoms with van der Waals surface area (Å²) in [5.74, 6) is -2.10. The van der Waals surface area contributed by atoms with Gasteiger partial charge in [-0.3, -0.25) is 9.89 Å². The summed E-state index contributed by atoms with van der Waals surface area (Å²) in [5, 5.41) is 14.7. The van der Waals surface area contributed by atoms with E-state index in [-0.39, 0.29) is 17.6 Å². The van der Waals surface area contributed by atoms with Gasteiger partial charge in [0.1, 0.15) is 5.82 Å². The fourth-order valence-corrected chi connectivity index (χ4v) is 1.67.